The summed E-state index contributed by atoms with van der Waals surface area (Å²) in [6.07, 6.45) is 12.6. The highest BCUT2D eigenvalue weighted by atomic mass is 16.6. The number of allylic oxidation sites excluding steroid dienone is 5. The number of piperidine rings is 1. The number of Topliss-reactive ketones (excluding diaryl/α,β-unsaturated/α-hetero) is 2. The standard InChI is InChI=1S/C35H55NO9/c1-23(2)44-34(40)29-16-12-13-19-36(29)33(39)32(38)35(41)27(6)17-18-28(45-35)21-31(43-8)25(4)15-11-9-10-14-24(3)20-26(5)30(37)22-42-7/h9-11,14-15,23-24,26-29,31,41H,12-13,16-22H2,1-8H3/b11-9+,14-10+,25-15+/t24-,26-,27-,28+,29?,31+,35-/m1/s1. The van der Waals surface area contributed by atoms with Gasteiger partial charge in [-0.1, -0.05) is 51.2 Å². The Hall–Kier alpha value is -2.66. The molecule has 7 atom stereocenters. The molecule has 0 bridgehead atoms. The largest absolute Gasteiger partial charge is 0.461 e. The summed E-state index contributed by atoms with van der Waals surface area (Å²) in [5, 5.41) is 11.5. The third-order valence-corrected chi connectivity index (χ3v) is 8.70. The maximum atomic E-state index is 13.5. The van der Waals surface area contributed by atoms with Gasteiger partial charge in [0.25, 0.3) is 11.7 Å². The number of hydrogen-bond donors (Lipinski definition) is 1. The normalized spacial score (nSPS) is 26.7. The molecule has 1 unspecified atom stereocenters. The van der Waals surface area contributed by atoms with Crippen LogP contribution in [-0.4, -0.2) is 91.0 Å². The molecule has 1 amide bonds. The van der Waals surface area contributed by atoms with Crippen molar-refractivity contribution in [1.82, 2.24) is 4.90 Å². The number of esters is 1. The zero-order chi connectivity index (χ0) is 33.7. The molecule has 10 nitrogen and oxygen atoms in total. The number of methoxy groups -OCH3 is 2. The quantitative estimate of drug-likeness (QED) is 0.146. The highest BCUT2D eigenvalue weighted by molar-refractivity contribution is 6.39. The van der Waals surface area contributed by atoms with Crippen LogP contribution in [0.3, 0.4) is 0 Å². The minimum Gasteiger partial charge on any atom is -0.461 e. The molecule has 0 saturated carbocycles. The highest BCUT2D eigenvalue weighted by Gasteiger charge is 2.52. The van der Waals surface area contributed by atoms with Gasteiger partial charge in [0.05, 0.1) is 18.3 Å². The van der Waals surface area contributed by atoms with E-state index in [1.54, 1.807) is 27.9 Å². The molecular formula is C35H55NO9. The number of nitrogens with zero attached hydrogens (tertiary/aromatic N) is 1. The molecule has 2 aliphatic rings. The zero-order valence-electron chi connectivity index (χ0n) is 28.5. The van der Waals surface area contributed by atoms with Gasteiger partial charge in [-0.25, -0.2) is 4.79 Å². The van der Waals surface area contributed by atoms with Crippen molar-refractivity contribution in [2.75, 3.05) is 27.4 Å². The number of aliphatic hydroxyl groups is 1. The van der Waals surface area contributed by atoms with E-state index in [4.69, 9.17) is 18.9 Å². The Morgan fingerprint density at radius 3 is 2.38 bits per heavy atom. The van der Waals surface area contributed by atoms with Crippen molar-refractivity contribution in [1.29, 1.82) is 0 Å². The van der Waals surface area contributed by atoms with Crippen molar-refractivity contribution in [2.45, 2.75) is 117 Å². The van der Waals surface area contributed by atoms with E-state index in [0.29, 0.717) is 32.1 Å². The van der Waals surface area contributed by atoms with Gasteiger partial charge in [0.15, 0.2) is 5.78 Å². The Labute approximate surface area is 269 Å². The first-order valence-electron chi connectivity index (χ1n) is 16.3. The van der Waals surface area contributed by atoms with Gasteiger partial charge in [0.1, 0.15) is 12.6 Å². The van der Waals surface area contributed by atoms with Crippen molar-refractivity contribution < 1.29 is 43.2 Å². The van der Waals surface area contributed by atoms with Crippen molar-refractivity contribution in [2.24, 2.45) is 17.8 Å². The molecular weight excluding hydrogens is 578 g/mol. The molecule has 45 heavy (non-hydrogen) atoms. The molecule has 0 radical (unpaired) electrons. The molecule has 0 aromatic rings. The summed E-state index contributed by atoms with van der Waals surface area (Å²) in [6.45, 7) is 11.5. The Bertz CT molecular complexity index is 1100. The summed E-state index contributed by atoms with van der Waals surface area (Å²) in [4.78, 5) is 52.8. The monoisotopic (exact) mass is 633 g/mol. The number of rotatable bonds is 16. The summed E-state index contributed by atoms with van der Waals surface area (Å²) >= 11 is 0. The molecule has 1 N–H and O–H groups in total. The number of likely N-dealkylation sites (tertiary alicyclic amines) is 1. The van der Waals surface area contributed by atoms with Crippen LogP contribution < -0.4 is 0 Å². The van der Waals surface area contributed by atoms with Crippen molar-refractivity contribution in [3.8, 4) is 0 Å². The summed E-state index contributed by atoms with van der Waals surface area (Å²) in [5.41, 5.74) is 0.932. The van der Waals surface area contributed by atoms with Gasteiger partial charge in [-0.3, -0.25) is 14.4 Å². The SMILES string of the molecule is COCC(=O)[C@H](C)C[C@H](C)/C=C/C=C/C=C(\C)[C@H](C[C@@H]1CC[C@@H](C)[C@](O)(C(=O)C(=O)N2CCCCC2C(=O)OC(C)C)O1)OC. The molecule has 0 spiro atoms. The molecule has 254 valence electrons. The van der Waals surface area contributed by atoms with E-state index in [9.17, 15) is 24.3 Å². The lowest BCUT2D eigenvalue weighted by atomic mass is 9.85. The lowest BCUT2D eigenvalue weighted by Gasteiger charge is -2.42. The predicted molar refractivity (Wildman–Crippen MR) is 171 cm³/mol. The van der Waals surface area contributed by atoms with E-state index >= 15 is 0 Å². The average molecular weight is 634 g/mol. The third-order valence-electron chi connectivity index (χ3n) is 8.70. The van der Waals surface area contributed by atoms with E-state index in [1.807, 2.05) is 38.2 Å². The minimum atomic E-state index is -2.30. The average Bonchev–Trinajstić information content (AvgIpc) is 3.00. The van der Waals surface area contributed by atoms with E-state index in [2.05, 4.69) is 13.0 Å². The third kappa shape index (κ3) is 11.3. The second-order valence-corrected chi connectivity index (χ2v) is 12.9. The summed E-state index contributed by atoms with van der Waals surface area (Å²) in [7, 11) is 3.12. The maximum absolute atomic E-state index is 13.5. The first-order chi connectivity index (χ1) is 21.2. The first-order valence-corrected chi connectivity index (χ1v) is 16.3. The molecule has 0 aromatic carbocycles. The van der Waals surface area contributed by atoms with Crippen LogP contribution in [0, 0.1) is 17.8 Å². The van der Waals surface area contributed by atoms with E-state index in [0.717, 1.165) is 18.4 Å². The summed E-state index contributed by atoms with van der Waals surface area (Å²) in [6, 6.07) is -0.860. The number of ketones is 2. The highest BCUT2D eigenvalue weighted by Crippen LogP contribution is 2.36. The fourth-order valence-electron chi connectivity index (χ4n) is 5.91. The van der Waals surface area contributed by atoms with Crippen LogP contribution in [0.4, 0.5) is 0 Å². The second-order valence-electron chi connectivity index (χ2n) is 12.9. The molecule has 10 heteroatoms. The fraction of sp³-hybridized carbons (Fsp3) is 0.714. The number of carbonyl (C=O) groups is 4. The smallest absolute Gasteiger partial charge is 0.329 e. The molecule has 2 fully saturated rings. The van der Waals surface area contributed by atoms with Gasteiger partial charge in [0, 0.05) is 39.0 Å². The Morgan fingerprint density at radius 2 is 1.73 bits per heavy atom. The fourth-order valence-corrected chi connectivity index (χ4v) is 5.91. The number of ether oxygens (including phenoxy) is 4. The van der Waals surface area contributed by atoms with Gasteiger partial charge < -0.3 is 29.0 Å². The van der Waals surface area contributed by atoms with Gasteiger partial charge in [-0.05, 0) is 70.8 Å². The Morgan fingerprint density at radius 1 is 1.02 bits per heavy atom. The van der Waals surface area contributed by atoms with Gasteiger partial charge >= 0.3 is 5.97 Å². The van der Waals surface area contributed by atoms with Crippen LogP contribution >= 0.6 is 0 Å². The van der Waals surface area contributed by atoms with Crippen LogP contribution in [-0.2, 0) is 38.1 Å². The van der Waals surface area contributed by atoms with Crippen molar-refractivity contribution >= 4 is 23.4 Å². The lowest BCUT2D eigenvalue weighted by molar-refractivity contribution is -0.265. The van der Waals surface area contributed by atoms with Crippen molar-refractivity contribution in [3.63, 3.8) is 0 Å². The van der Waals surface area contributed by atoms with Crippen LogP contribution in [0.1, 0.15) is 86.5 Å². The van der Waals surface area contributed by atoms with Gasteiger partial charge in [-0.2, -0.15) is 0 Å². The van der Waals surface area contributed by atoms with E-state index < -0.39 is 41.5 Å². The predicted octanol–water partition coefficient (Wildman–Crippen LogP) is 4.73. The van der Waals surface area contributed by atoms with Gasteiger partial charge in [-0.15, -0.1) is 0 Å². The maximum Gasteiger partial charge on any atom is 0.329 e. The zero-order valence-corrected chi connectivity index (χ0v) is 28.5. The van der Waals surface area contributed by atoms with Crippen LogP contribution in [0.25, 0.3) is 0 Å². The van der Waals surface area contributed by atoms with Crippen molar-refractivity contribution in [3.05, 3.63) is 36.0 Å². The van der Waals surface area contributed by atoms with Gasteiger partial charge in [0.2, 0.25) is 5.79 Å². The number of hydrogen-bond acceptors (Lipinski definition) is 9. The summed E-state index contributed by atoms with van der Waals surface area (Å²) in [5.74, 6) is -5.14. The topological polar surface area (TPSA) is 129 Å². The molecule has 2 heterocycles. The van der Waals surface area contributed by atoms with E-state index in [1.165, 1.54) is 12.0 Å². The first kappa shape index (κ1) is 38.5. The second kappa shape index (κ2) is 18.5. The Balaban J connectivity index is 2.04. The molecule has 0 aromatic heterocycles. The molecule has 2 aliphatic heterocycles. The minimum absolute atomic E-state index is 0.0653. The Kier molecular flexibility index (Phi) is 15.8. The van der Waals surface area contributed by atoms with Crippen LogP contribution in [0.2, 0.25) is 0 Å². The van der Waals surface area contributed by atoms with E-state index in [-0.39, 0.29) is 43.0 Å². The molecule has 2 rings (SSSR count). The number of amides is 1. The summed E-state index contributed by atoms with van der Waals surface area (Å²) < 4.78 is 22.0. The molecule has 2 saturated heterocycles. The van der Waals surface area contributed by atoms with Crippen LogP contribution in [0.15, 0.2) is 36.0 Å². The van der Waals surface area contributed by atoms with Crippen LogP contribution in [0.5, 0.6) is 0 Å². The lowest BCUT2D eigenvalue weighted by Crippen LogP contribution is -2.60. The molecule has 0 aliphatic carbocycles. The number of carbonyl (C=O) groups excluding carboxylic acids is 4.